The van der Waals surface area contributed by atoms with Crippen molar-refractivity contribution in [3.8, 4) is 0 Å². The Bertz CT molecular complexity index is 674. The van der Waals surface area contributed by atoms with Gasteiger partial charge in [0.2, 0.25) is 0 Å². The third-order valence-corrected chi connectivity index (χ3v) is 4.18. The summed E-state index contributed by atoms with van der Waals surface area (Å²) in [5.74, 6) is 0.553. The maximum atomic E-state index is 12.8. The van der Waals surface area contributed by atoms with E-state index in [0.717, 1.165) is 37.0 Å². The number of hydrogen-bond donors (Lipinski definition) is 1. The molecule has 0 spiro atoms. The number of benzene rings is 1. The van der Waals surface area contributed by atoms with E-state index in [2.05, 4.69) is 10.3 Å². The minimum absolute atomic E-state index is 0.0276. The van der Waals surface area contributed by atoms with E-state index in [1.165, 1.54) is 0 Å². The molecule has 2 aromatic rings. The number of pyridine rings is 1. The number of hydrogen-bond acceptors (Lipinski definition) is 3. The summed E-state index contributed by atoms with van der Waals surface area (Å²) in [7, 11) is 1.94. The summed E-state index contributed by atoms with van der Waals surface area (Å²) in [6.45, 7) is 2.53. The highest BCUT2D eigenvalue weighted by atomic mass is 35.5. The van der Waals surface area contributed by atoms with Gasteiger partial charge in [0.25, 0.3) is 5.91 Å². The van der Waals surface area contributed by atoms with Gasteiger partial charge in [-0.05, 0) is 44.1 Å². The number of halogens is 1. The average Bonchev–Trinajstić information content (AvgIpc) is 2.94. The molecular weight excluding hydrogens is 286 g/mol. The van der Waals surface area contributed by atoms with Gasteiger partial charge in [0, 0.05) is 29.7 Å². The van der Waals surface area contributed by atoms with Gasteiger partial charge in [-0.1, -0.05) is 17.7 Å². The molecule has 1 aliphatic rings. The molecule has 0 aliphatic carbocycles. The van der Waals surface area contributed by atoms with Crippen molar-refractivity contribution < 1.29 is 4.79 Å². The maximum Gasteiger partial charge on any atom is 0.256 e. The predicted molar refractivity (Wildman–Crippen MR) is 84.7 cm³/mol. The molecule has 1 saturated heterocycles. The molecule has 1 aromatic carbocycles. The number of aromatic nitrogens is 1. The summed E-state index contributed by atoms with van der Waals surface area (Å²) in [6.07, 6.45) is 2.75. The van der Waals surface area contributed by atoms with Crippen LogP contribution in [0.5, 0.6) is 0 Å². The number of carbonyl (C=O) groups excluding carboxylic acids is 1. The highest BCUT2D eigenvalue weighted by Crippen LogP contribution is 2.25. The summed E-state index contributed by atoms with van der Waals surface area (Å²) in [5.41, 5.74) is 1.33. The number of carbonyl (C=O) groups is 1. The van der Waals surface area contributed by atoms with E-state index in [0.29, 0.717) is 16.5 Å². The van der Waals surface area contributed by atoms with E-state index in [-0.39, 0.29) is 5.91 Å². The van der Waals surface area contributed by atoms with E-state index in [9.17, 15) is 4.79 Å². The minimum atomic E-state index is 0.0276. The highest BCUT2D eigenvalue weighted by Gasteiger charge is 2.27. The fourth-order valence-corrected chi connectivity index (χ4v) is 3.19. The summed E-state index contributed by atoms with van der Waals surface area (Å²) in [6, 6.07) is 7.35. The van der Waals surface area contributed by atoms with Crippen molar-refractivity contribution in [1.29, 1.82) is 0 Å². The number of rotatable bonds is 3. The molecular formula is C16H18ClN3O. The minimum Gasteiger partial charge on any atom is -0.338 e. The topological polar surface area (TPSA) is 45.2 Å². The van der Waals surface area contributed by atoms with Crippen molar-refractivity contribution >= 4 is 28.4 Å². The van der Waals surface area contributed by atoms with Gasteiger partial charge in [0.1, 0.15) is 0 Å². The molecule has 5 heteroatoms. The van der Waals surface area contributed by atoms with Crippen LogP contribution in [0, 0.1) is 5.92 Å². The van der Waals surface area contributed by atoms with Gasteiger partial charge >= 0.3 is 0 Å². The third-order valence-electron chi connectivity index (χ3n) is 3.97. The Labute approximate surface area is 129 Å². The van der Waals surface area contributed by atoms with Gasteiger partial charge in [-0.3, -0.25) is 9.78 Å². The molecule has 1 fully saturated rings. The highest BCUT2D eigenvalue weighted by molar-refractivity contribution is 6.32. The monoisotopic (exact) mass is 303 g/mol. The van der Waals surface area contributed by atoms with Crippen molar-refractivity contribution in [2.45, 2.75) is 6.42 Å². The summed E-state index contributed by atoms with van der Waals surface area (Å²) in [5, 5.41) is 4.65. The van der Waals surface area contributed by atoms with Crippen LogP contribution in [0.25, 0.3) is 10.9 Å². The smallest absolute Gasteiger partial charge is 0.256 e. The quantitative estimate of drug-likeness (QED) is 0.948. The second-order valence-electron chi connectivity index (χ2n) is 5.49. The zero-order valence-electron chi connectivity index (χ0n) is 12.0. The first-order valence-electron chi connectivity index (χ1n) is 7.17. The summed E-state index contributed by atoms with van der Waals surface area (Å²) < 4.78 is 0. The van der Waals surface area contributed by atoms with Crippen LogP contribution in [-0.2, 0) is 0 Å². The van der Waals surface area contributed by atoms with Crippen molar-refractivity contribution in [1.82, 2.24) is 15.2 Å². The van der Waals surface area contributed by atoms with Gasteiger partial charge in [0.05, 0.1) is 11.1 Å². The van der Waals surface area contributed by atoms with Gasteiger partial charge in [0.15, 0.2) is 0 Å². The molecule has 0 unspecified atom stereocenters. The molecule has 0 bridgehead atoms. The fraction of sp³-hybridized carbons (Fsp3) is 0.375. The Morgan fingerprint density at radius 3 is 3.19 bits per heavy atom. The molecule has 1 aromatic heterocycles. The molecule has 21 heavy (non-hydrogen) atoms. The summed E-state index contributed by atoms with van der Waals surface area (Å²) >= 11 is 6.14. The second kappa shape index (κ2) is 6.00. The molecule has 0 radical (unpaired) electrons. The fourth-order valence-electron chi connectivity index (χ4n) is 2.96. The Morgan fingerprint density at radius 2 is 2.38 bits per heavy atom. The van der Waals surface area contributed by atoms with Gasteiger partial charge in [-0.15, -0.1) is 0 Å². The van der Waals surface area contributed by atoms with E-state index in [1.54, 1.807) is 12.3 Å². The first kappa shape index (κ1) is 14.3. The molecule has 4 nitrogen and oxygen atoms in total. The predicted octanol–water partition coefficient (Wildman–Crippen LogP) is 2.57. The molecule has 1 amide bonds. The number of amides is 1. The van der Waals surface area contributed by atoms with Crippen molar-refractivity contribution in [2.24, 2.45) is 5.92 Å². The third kappa shape index (κ3) is 2.87. The van der Waals surface area contributed by atoms with E-state index >= 15 is 0 Å². The average molecular weight is 304 g/mol. The lowest BCUT2D eigenvalue weighted by molar-refractivity contribution is 0.0789. The molecule has 1 atom stereocenters. The Balaban J connectivity index is 1.92. The van der Waals surface area contributed by atoms with E-state index in [1.807, 2.05) is 30.1 Å². The van der Waals surface area contributed by atoms with Crippen molar-refractivity contribution in [2.75, 3.05) is 26.7 Å². The zero-order valence-corrected chi connectivity index (χ0v) is 12.7. The molecule has 3 rings (SSSR count). The van der Waals surface area contributed by atoms with Gasteiger partial charge in [-0.2, -0.15) is 0 Å². The normalized spacial score (nSPS) is 18.4. The number of nitrogens with one attached hydrogen (secondary N) is 1. The van der Waals surface area contributed by atoms with E-state index < -0.39 is 0 Å². The SMILES string of the molecule is CNC[C@H]1CCN(C(=O)c2cc(Cl)cc3cccnc23)C1. The van der Waals surface area contributed by atoms with Gasteiger partial charge < -0.3 is 10.2 Å². The first-order chi connectivity index (χ1) is 10.2. The molecule has 1 aliphatic heterocycles. The lowest BCUT2D eigenvalue weighted by Crippen LogP contribution is -2.30. The largest absolute Gasteiger partial charge is 0.338 e. The summed E-state index contributed by atoms with van der Waals surface area (Å²) in [4.78, 5) is 19.0. The van der Waals surface area contributed by atoms with Crippen LogP contribution in [0.2, 0.25) is 5.02 Å². The van der Waals surface area contributed by atoms with Crippen molar-refractivity contribution in [3.63, 3.8) is 0 Å². The molecule has 110 valence electrons. The number of fused-ring (bicyclic) bond motifs is 1. The Morgan fingerprint density at radius 1 is 1.52 bits per heavy atom. The molecule has 2 heterocycles. The second-order valence-corrected chi connectivity index (χ2v) is 5.93. The maximum absolute atomic E-state index is 12.8. The lowest BCUT2D eigenvalue weighted by atomic mass is 10.1. The van der Waals surface area contributed by atoms with Gasteiger partial charge in [-0.25, -0.2) is 0 Å². The van der Waals surface area contributed by atoms with Crippen LogP contribution < -0.4 is 5.32 Å². The van der Waals surface area contributed by atoms with E-state index in [4.69, 9.17) is 11.6 Å². The molecule has 0 saturated carbocycles. The number of nitrogens with zero attached hydrogens (tertiary/aromatic N) is 2. The first-order valence-corrected chi connectivity index (χ1v) is 7.55. The van der Waals surface area contributed by atoms with Crippen LogP contribution in [0.1, 0.15) is 16.8 Å². The van der Waals surface area contributed by atoms with Crippen LogP contribution in [-0.4, -0.2) is 42.5 Å². The Hall–Kier alpha value is -1.65. The van der Waals surface area contributed by atoms with Crippen LogP contribution in [0.3, 0.4) is 0 Å². The lowest BCUT2D eigenvalue weighted by Gasteiger charge is -2.17. The van der Waals surface area contributed by atoms with Crippen LogP contribution >= 0.6 is 11.6 Å². The standard InChI is InChI=1S/C16H18ClN3O/c1-18-9-11-4-6-20(10-11)16(21)14-8-13(17)7-12-3-2-5-19-15(12)14/h2-3,5,7-8,11,18H,4,6,9-10H2,1H3/t11-/m1/s1. The molecule has 1 N–H and O–H groups in total. The zero-order chi connectivity index (χ0) is 14.8. The Kier molecular flexibility index (Phi) is 4.08. The van der Waals surface area contributed by atoms with Crippen LogP contribution in [0.4, 0.5) is 0 Å². The van der Waals surface area contributed by atoms with Crippen LogP contribution in [0.15, 0.2) is 30.5 Å². The van der Waals surface area contributed by atoms with Crippen molar-refractivity contribution in [3.05, 3.63) is 41.0 Å². The number of likely N-dealkylation sites (tertiary alicyclic amines) is 1.